The van der Waals surface area contributed by atoms with Gasteiger partial charge in [-0.1, -0.05) is 23.2 Å². The van der Waals surface area contributed by atoms with Crippen LogP contribution in [0.5, 0.6) is 11.5 Å². The SMILES string of the molecule is Br.Br.CO[C@@H]1CCCN[C@H]1CC(=O)Cn1cnc2cc(Cl)c(Oc3ccc(Cl)cc3)cc2c1=O. The maximum Gasteiger partial charge on any atom is 0.261 e. The van der Waals surface area contributed by atoms with E-state index in [1.54, 1.807) is 43.5 Å². The fourth-order valence-electron chi connectivity index (χ4n) is 3.89. The fraction of sp³-hybridized carbons (Fsp3) is 0.348. The lowest BCUT2D eigenvalue weighted by molar-refractivity contribution is -0.121. The third kappa shape index (κ3) is 6.80. The number of nitrogens with one attached hydrogen (secondary N) is 1. The number of nitrogens with zero attached hydrogens (tertiary/aromatic N) is 2. The normalized spacial score (nSPS) is 17.5. The number of hydrogen-bond donors (Lipinski definition) is 1. The van der Waals surface area contributed by atoms with Gasteiger partial charge in [0.15, 0.2) is 5.78 Å². The monoisotopic (exact) mass is 635 g/mol. The quantitative estimate of drug-likeness (QED) is 0.375. The summed E-state index contributed by atoms with van der Waals surface area (Å²) in [4.78, 5) is 30.0. The maximum atomic E-state index is 13.1. The molecule has 2 heterocycles. The molecular weight excluding hydrogens is 613 g/mol. The number of carbonyl (C=O) groups is 1. The Morgan fingerprint density at radius 1 is 1.21 bits per heavy atom. The first kappa shape index (κ1) is 28.7. The summed E-state index contributed by atoms with van der Waals surface area (Å²) in [6.07, 6.45) is 3.58. The van der Waals surface area contributed by atoms with Crippen molar-refractivity contribution in [1.29, 1.82) is 0 Å². The van der Waals surface area contributed by atoms with Gasteiger partial charge in [0.05, 0.1) is 34.9 Å². The number of rotatable bonds is 7. The largest absolute Gasteiger partial charge is 0.456 e. The summed E-state index contributed by atoms with van der Waals surface area (Å²) in [5.74, 6) is 0.780. The lowest BCUT2D eigenvalue weighted by Gasteiger charge is -2.31. The van der Waals surface area contributed by atoms with Gasteiger partial charge in [-0.2, -0.15) is 0 Å². The summed E-state index contributed by atoms with van der Waals surface area (Å²) in [7, 11) is 1.65. The van der Waals surface area contributed by atoms with E-state index in [2.05, 4.69) is 10.3 Å². The second-order valence-electron chi connectivity index (χ2n) is 7.75. The molecule has 2 aromatic carbocycles. The highest BCUT2D eigenvalue weighted by atomic mass is 79.9. The van der Waals surface area contributed by atoms with Crippen LogP contribution >= 0.6 is 57.2 Å². The Balaban J connectivity index is 0.00000204. The van der Waals surface area contributed by atoms with Gasteiger partial charge in [-0.05, 0) is 55.8 Å². The molecule has 1 aromatic heterocycles. The number of ketones is 1. The van der Waals surface area contributed by atoms with E-state index in [4.69, 9.17) is 32.7 Å². The smallest absolute Gasteiger partial charge is 0.261 e. The van der Waals surface area contributed by atoms with Crippen molar-refractivity contribution in [1.82, 2.24) is 14.9 Å². The molecule has 0 aliphatic carbocycles. The summed E-state index contributed by atoms with van der Waals surface area (Å²) < 4.78 is 12.6. The van der Waals surface area contributed by atoms with Crippen molar-refractivity contribution in [2.24, 2.45) is 0 Å². The Bertz CT molecular complexity index is 1190. The zero-order valence-corrected chi connectivity index (χ0v) is 23.3. The van der Waals surface area contributed by atoms with Crippen LogP contribution in [0.15, 0.2) is 47.5 Å². The van der Waals surface area contributed by atoms with Crippen LogP contribution in [-0.4, -0.2) is 41.1 Å². The molecule has 1 aliphatic rings. The van der Waals surface area contributed by atoms with Gasteiger partial charge in [0.25, 0.3) is 5.56 Å². The van der Waals surface area contributed by atoms with Gasteiger partial charge in [0.1, 0.15) is 11.5 Å². The standard InChI is InChI=1S/C23H23Cl2N3O4.2BrH/c1-31-21-3-2-8-26-20(21)9-15(29)12-28-13-27-19-11-18(25)22(10-17(19)23(28)30)32-16-6-4-14(24)5-7-16;;/h4-7,10-11,13,20-21,26H,2-3,8-9,12H2,1H3;2*1H/t20-,21+;;/m0../s1. The zero-order chi connectivity index (χ0) is 22.7. The Morgan fingerprint density at radius 3 is 2.65 bits per heavy atom. The highest BCUT2D eigenvalue weighted by molar-refractivity contribution is 8.93. The number of benzene rings is 2. The summed E-state index contributed by atoms with van der Waals surface area (Å²) in [6.45, 7) is 0.791. The van der Waals surface area contributed by atoms with Crippen LogP contribution in [0.2, 0.25) is 10.0 Å². The number of fused-ring (bicyclic) bond motifs is 1. The van der Waals surface area contributed by atoms with E-state index >= 15 is 0 Å². The maximum absolute atomic E-state index is 13.1. The number of methoxy groups -OCH3 is 1. The summed E-state index contributed by atoms with van der Waals surface area (Å²) in [6, 6.07) is 9.87. The number of piperidine rings is 1. The predicted molar refractivity (Wildman–Crippen MR) is 145 cm³/mol. The van der Waals surface area contributed by atoms with Gasteiger partial charge < -0.3 is 14.8 Å². The molecule has 2 atom stereocenters. The lowest BCUT2D eigenvalue weighted by atomic mass is 9.96. The van der Waals surface area contributed by atoms with Crippen LogP contribution in [0.3, 0.4) is 0 Å². The van der Waals surface area contributed by atoms with Crippen molar-refractivity contribution >= 4 is 73.9 Å². The number of Topliss-reactive ketones (excluding diaryl/α,β-unsaturated/α-hetero) is 1. The summed E-state index contributed by atoms with van der Waals surface area (Å²) >= 11 is 12.2. The van der Waals surface area contributed by atoms with E-state index in [0.29, 0.717) is 32.4 Å². The molecule has 4 rings (SSSR count). The van der Waals surface area contributed by atoms with E-state index in [9.17, 15) is 9.59 Å². The minimum Gasteiger partial charge on any atom is -0.456 e. The van der Waals surface area contributed by atoms with Crippen molar-refractivity contribution in [2.45, 2.75) is 38.0 Å². The number of hydrogen-bond acceptors (Lipinski definition) is 6. The molecule has 1 aliphatic heterocycles. The first-order valence-electron chi connectivity index (χ1n) is 10.3. The van der Waals surface area contributed by atoms with Gasteiger partial charge in [-0.25, -0.2) is 4.98 Å². The van der Waals surface area contributed by atoms with E-state index in [1.807, 2.05) is 0 Å². The van der Waals surface area contributed by atoms with E-state index in [1.165, 1.54) is 10.9 Å². The highest BCUT2D eigenvalue weighted by Gasteiger charge is 2.26. The first-order chi connectivity index (χ1) is 15.4. The molecule has 1 fully saturated rings. The number of halogens is 4. The molecule has 1 N–H and O–H groups in total. The zero-order valence-electron chi connectivity index (χ0n) is 18.3. The molecule has 0 unspecified atom stereocenters. The third-order valence-electron chi connectivity index (χ3n) is 5.54. The molecule has 7 nitrogen and oxygen atoms in total. The number of aromatic nitrogens is 2. The summed E-state index contributed by atoms with van der Waals surface area (Å²) in [5, 5.41) is 4.56. The average Bonchev–Trinajstić information content (AvgIpc) is 2.78. The molecule has 0 amide bonds. The molecule has 3 aromatic rings. The molecule has 184 valence electrons. The van der Waals surface area contributed by atoms with Gasteiger partial charge in [-0.15, -0.1) is 34.0 Å². The van der Waals surface area contributed by atoms with Crippen molar-refractivity contribution in [2.75, 3.05) is 13.7 Å². The van der Waals surface area contributed by atoms with Crippen molar-refractivity contribution in [3.05, 3.63) is 63.1 Å². The van der Waals surface area contributed by atoms with E-state index in [0.717, 1.165) is 19.4 Å². The number of ether oxygens (including phenoxy) is 2. The Labute approximate surface area is 228 Å². The second-order valence-corrected chi connectivity index (χ2v) is 8.60. The minimum absolute atomic E-state index is 0. The van der Waals surface area contributed by atoms with Crippen LogP contribution in [0, 0.1) is 0 Å². The lowest BCUT2D eigenvalue weighted by Crippen LogP contribution is -2.47. The predicted octanol–water partition coefficient (Wildman–Crippen LogP) is 5.38. The molecule has 0 bridgehead atoms. The van der Waals surface area contributed by atoms with E-state index < -0.39 is 0 Å². The van der Waals surface area contributed by atoms with Gasteiger partial charge in [0.2, 0.25) is 0 Å². The summed E-state index contributed by atoms with van der Waals surface area (Å²) in [5.41, 5.74) is 0.0985. The Hall–Kier alpha value is -1.49. The van der Waals surface area contributed by atoms with Crippen LogP contribution in [0.4, 0.5) is 0 Å². The van der Waals surface area contributed by atoms with Gasteiger partial charge in [0, 0.05) is 24.6 Å². The van der Waals surface area contributed by atoms with Gasteiger partial charge in [-0.3, -0.25) is 14.2 Å². The van der Waals surface area contributed by atoms with Crippen molar-refractivity contribution < 1.29 is 14.3 Å². The van der Waals surface area contributed by atoms with Crippen LogP contribution in [0.1, 0.15) is 19.3 Å². The first-order valence-corrected chi connectivity index (χ1v) is 11.1. The van der Waals surface area contributed by atoms with Crippen LogP contribution in [0.25, 0.3) is 10.9 Å². The molecular formula is C23H25Br2Cl2N3O4. The van der Waals surface area contributed by atoms with Crippen molar-refractivity contribution in [3.8, 4) is 11.5 Å². The van der Waals surface area contributed by atoms with Crippen molar-refractivity contribution in [3.63, 3.8) is 0 Å². The third-order valence-corrected chi connectivity index (χ3v) is 6.08. The fourth-order valence-corrected chi connectivity index (χ4v) is 4.21. The van der Waals surface area contributed by atoms with Crippen LogP contribution in [-0.2, 0) is 16.1 Å². The highest BCUT2D eigenvalue weighted by Crippen LogP contribution is 2.32. The molecule has 11 heteroatoms. The Morgan fingerprint density at radius 2 is 1.94 bits per heavy atom. The number of carbonyl (C=O) groups excluding carboxylic acids is 1. The van der Waals surface area contributed by atoms with Gasteiger partial charge >= 0.3 is 0 Å². The second kappa shape index (κ2) is 13.0. The molecule has 34 heavy (non-hydrogen) atoms. The molecule has 0 saturated carbocycles. The minimum atomic E-state index is -0.333. The molecule has 0 spiro atoms. The van der Waals surface area contributed by atoms with E-state index in [-0.39, 0.29) is 70.4 Å². The topological polar surface area (TPSA) is 82.4 Å². The average molecular weight is 638 g/mol. The molecule has 1 saturated heterocycles. The Kier molecular flexibility index (Phi) is 11.0. The van der Waals surface area contributed by atoms with Crippen LogP contribution < -0.4 is 15.6 Å². The molecule has 0 radical (unpaired) electrons.